The van der Waals surface area contributed by atoms with E-state index in [1.807, 2.05) is 0 Å². The summed E-state index contributed by atoms with van der Waals surface area (Å²) >= 11 is 17.5. The first-order valence-corrected chi connectivity index (χ1v) is 4.67. The molecule has 0 saturated carbocycles. The topological polar surface area (TPSA) is 23.5 Å². The highest BCUT2D eigenvalue weighted by Gasteiger charge is 2.08. The van der Waals surface area contributed by atoms with E-state index in [1.54, 1.807) is 12.1 Å². The van der Waals surface area contributed by atoms with Crippen molar-refractivity contribution in [3.63, 3.8) is 0 Å². The Kier molecular flexibility index (Phi) is 3.83. The lowest BCUT2D eigenvalue weighted by atomic mass is 10.2. The molecule has 0 saturated heterocycles. The molecule has 0 bridgehead atoms. The SMILES string of the molecule is CN(O)Cc1c(Cl)cc(Cl)cc1Cl. The molecule has 0 heterocycles. The number of halogens is 3. The molecule has 0 unspecified atom stereocenters. The Hall–Kier alpha value is 0.01000. The van der Waals surface area contributed by atoms with Gasteiger partial charge in [-0.1, -0.05) is 34.8 Å². The monoisotopic (exact) mass is 239 g/mol. The second kappa shape index (κ2) is 4.49. The van der Waals surface area contributed by atoms with E-state index < -0.39 is 0 Å². The Morgan fingerprint density at radius 3 is 2.08 bits per heavy atom. The Balaban J connectivity index is 3.06. The number of hydrogen-bond acceptors (Lipinski definition) is 2. The van der Waals surface area contributed by atoms with Crippen molar-refractivity contribution in [3.05, 3.63) is 32.8 Å². The van der Waals surface area contributed by atoms with Gasteiger partial charge in [-0.15, -0.1) is 0 Å². The maximum absolute atomic E-state index is 9.01. The first kappa shape index (κ1) is 11.1. The molecule has 1 rings (SSSR count). The molecule has 0 spiro atoms. The van der Waals surface area contributed by atoms with Crippen LogP contribution in [0.1, 0.15) is 5.56 Å². The average Bonchev–Trinajstić information content (AvgIpc) is 1.96. The maximum atomic E-state index is 9.01. The number of benzene rings is 1. The largest absolute Gasteiger partial charge is 0.314 e. The highest BCUT2D eigenvalue weighted by atomic mass is 35.5. The average molecular weight is 241 g/mol. The summed E-state index contributed by atoms with van der Waals surface area (Å²) in [7, 11) is 1.52. The molecule has 1 N–H and O–H groups in total. The predicted octanol–water partition coefficient (Wildman–Crippen LogP) is 3.47. The summed E-state index contributed by atoms with van der Waals surface area (Å²) < 4.78 is 0. The third-order valence-corrected chi connectivity index (χ3v) is 2.39. The molecule has 0 aromatic heterocycles. The molecule has 2 nitrogen and oxygen atoms in total. The van der Waals surface area contributed by atoms with E-state index in [0.717, 1.165) is 5.06 Å². The van der Waals surface area contributed by atoms with Gasteiger partial charge >= 0.3 is 0 Å². The standard InChI is InChI=1S/C8H8Cl3NO/c1-12(13)4-6-7(10)2-5(9)3-8(6)11/h2-3,13H,4H2,1H3. The number of rotatable bonds is 2. The molecule has 5 heteroatoms. The summed E-state index contributed by atoms with van der Waals surface area (Å²) in [5.41, 5.74) is 0.665. The Morgan fingerprint density at radius 2 is 1.69 bits per heavy atom. The van der Waals surface area contributed by atoms with Crippen molar-refractivity contribution in [2.75, 3.05) is 7.05 Å². The van der Waals surface area contributed by atoms with E-state index in [1.165, 1.54) is 7.05 Å². The minimum Gasteiger partial charge on any atom is -0.314 e. The van der Waals surface area contributed by atoms with Crippen molar-refractivity contribution in [2.24, 2.45) is 0 Å². The van der Waals surface area contributed by atoms with Gasteiger partial charge in [0.25, 0.3) is 0 Å². The fourth-order valence-corrected chi connectivity index (χ4v) is 1.89. The molecule has 0 radical (unpaired) electrons. The molecule has 1 aromatic rings. The van der Waals surface area contributed by atoms with Gasteiger partial charge in [0, 0.05) is 27.7 Å². The lowest BCUT2D eigenvalue weighted by Crippen LogP contribution is -2.12. The van der Waals surface area contributed by atoms with Crippen LogP contribution in [-0.4, -0.2) is 17.3 Å². The van der Waals surface area contributed by atoms with Crippen LogP contribution >= 0.6 is 34.8 Å². The van der Waals surface area contributed by atoms with E-state index in [2.05, 4.69) is 0 Å². The van der Waals surface area contributed by atoms with Crippen LogP contribution in [0.25, 0.3) is 0 Å². The van der Waals surface area contributed by atoms with E-state index in [0.29, 0.717) is 20.6 Å². The molecule has 0 aliphatic heterocycles. The molecular weight excluding hydrogens is 232 g/mol. The van der Waals surface area contributed by atoms with Gasteiger partial charge in [0.15, 0.2) is 0 Å². The third kappa shape index (κ3) is 3.01. The number of nitrogens with zero attached hydrogens (tertiary/aromatic N) is 1. The summed E-state index contributed by atoms with van der Waals surface area (Å²) in [6.45, 7) is 0.273. The van der Waals surface area contributed by atoms with Crippen molar-refractivity contribution >= 4 is 34.8 Å². The third-order valence-electron chi connectivity index (χ3n) is 1.49. The van der Waals surface area contributed by atoms with Crippen LogP contribution in [0.15, 0.2) is 12.1 Å². The summed E-state index contributed by atoms with van der Waals surface area (Å²) in [4.78, 5) is 0. The summed E-state index contributed by atoms with van der Waals surface area (Å²) in [5, 5.41) is 11.4. The van der Waals surface area contributed by atoms with Gasteiger partial charge < -0.3 is 5.21 Å². The Morgan fingerprint density at radius 1 is 1.23 bits per heavy atom. The van der Waals surface area contributed by atoms with Gasteiger partial charge in [0.1, 0.15) is 0 Å². The van der Waals surface area contributed by atoms with Crippen molar-refractivity contribution in [3.8, 4) is 0 Å². The number of hydrogen-bond donors (Lipinski definition) is 1. The van der Waals surface area contributed by atoms with Gasteiger partial charge in [-0.25, -0.2) is 0 Å². The molecule has 0 atom stereocenters. The van der Waals surface area contributed by atoms with E-state index in [-0.39, 0.29) is 6.54 Å². The maximum Gasteiger partial charge on any atom is 0.0515 e. The van der Waals surface area contributed by atoms with Crippen molar-refractivity contribution in [2.45, 2.75) is 6.54 Å². The summed E-state index contributed by atoms with van der Waals surface area (Å²) in [6, 6.07) is 3.18. The molecule has 0 amide bonds. The van der Waals surface area contributed by atoms with Crippen LogP contribution in [0.5, 0.6) is 0 Å². The molecule has 0 fully saturated rings. The first-order valence-electron chi connectivity index (χ1n) is 3.54. The molecule has 1 aromatic carbocycles. The zero-order valence-electron chi connectivity index (χ0n) is 6.89. The zero-order chi connectivity index (χ0) is 10.0. The van der Waals surface area contributed by atoms with Gasteiger partial charge in [0.2, 0.25) is 0 Å². The van der Waals surface area contributed by atoms with Gasteiger partial charge in [-0.05, 0) is 12.1 Å². The first-order chi connectivity index (χ1) is 6.00. The van der Waals surface area contributed by atoms with Crippen LogP contribution < -0.4 is 0 Å². The smallest absolute Gasteiger partial charge is 0.0515 e. The molecule has 72 valence electrons. The van der Waals surface area contributed by atoms with Crippen LogP contribution in [0.4, 0.5) is 0 Å². The molecular formula is C8H8Cl3NO. The van der Waals surface area contributed by atoms with E-state index in [4.69, 9.17) is 40.0 Å². The minimum absolute atomic E-state index is 0.273. The Labute approximate surface area is 91.6 Å². The summed E-state index contributed by atoms with van der Waals surface area (Å²) in [5.74, 6) is 0. The van der Waals surface area contributed by atoms with Gasteiger partial charge in [-0.3, -0.25) is 0 Å². The molecule has 0 aliphatic carbocycles. The van der Waals surface area contributed by atoms with E-state index >= 15 is 0 Å². The van der Waals surface area contributed by atoms with Crippen LogP contribution in [0, 0.1) is 0 Å². The van der Waals surface area contributed by atoms with Crippen LogP contribution in [0.2, 0.25) is 15.1 Å². The zero-order valence-corrected chi connectivity index (χ0v) is 9.16. The van der Waals surface area contributed by atoms with Crippen molar-refractivity contribution in [1.29, 1.82) is 0 Å². The lowest BCUT2D eigenvalue weighted by Gasteiger charge is -2.11. The van der Waals surface area contributed by atoms with Crippen molar-refractivity contribution < 1.29 is 5.21 Å². The fraction of sp³-hybridized carbons (Fsp3) is 0.250. The minimum atomic E-state index is 0.273. The van der Waals surface area contributed by atoms with Crippen LogP contribution in [0.3, 0.4) is 0 Å². The highest BCUT2D eigenvalue weighted by molar-refractivity contribution is 6.39. The fourth-order valence-electron chi connectivity index (χ4n) is 0.952. The molecule has 13 heavy (non-hydrogen) atoms. The predicted molar refractivity (Wildman–Crippen MR) is 54.7 cm³/mol. The normalized spacial score (nSPS) is 10.9. The number of hydroxylamine groups is 2. The second-order valence-electron chi connectivity index (χ2n) is 2.66. The van der Waals surface area contributed by atoms with Gasteiger partial charge in [0.05, 0.1) is 6.54 Å². The quantitative estimate of drug-likeness (QED) is 0.800. The van der Waals surface area contributed by atoms with Gasteiger partial charge in [-0.2, -0.15) is 5.06 Å². The second-order valence-corrected chi connectivity index (χ2v) is 3.91. The summed E-state index contributed by atoms with van der Waals surface area (Å²) in [6.07, 6.45) is 0. The lowest BCUT2D eigenvalue weighted by molar-refractivity contribution is -0.0731. The highest BCUT2D eigenvalue weighted by Crippen LogP contribution is 2.29. The molecule has 0 aliphatic rings. The van der Waals surface area contributed by atoms with Crippen molar-refractivity contribution in [1.82, 2.24) is 5.06 Å². The van der Waals surface area contributed by atoms with Crippen LogP contribution in [-0.2, 0) is 6.54 Å². The Bertz CT molecular complexity index is 291. The van der Waals surface area contributed by atoms with E-state index in [9.17, 15) is 0 Å².